The molecular weight excluding hydrogens is 728 g/mol. The summed E-state index contributed by atoms with van der Waals surface area (Å²) in [7, 11) is 0. The minimum atomic E-state index is -0.446. The van der Waals surface area contributed by atoms with E-state index in [0.29, 0.717) is 17.1 Å². The number of anilines is 2. The standard InChI is InChI=1S/C35H28BrN14S/c36-24-3-1-2-21(12-24)31(42-34-37-17-29-32(43-34)48(19-39-29)25-6-4-22-15-40-45-27(22)13-25)50-20-49(26-7-5-23-16-41-46-28(23)14-26)33-30(50)18-38-35(44-33)47-8-10-51-11-9-47/h1-7,12-20,31H,8-11H2,(H,40,45)(H,41,46)(H,37,42,43)/q+1. The number of benzene rings is 3. The molecule has 0 bridgehead atoms. The maximum Gasteiger partial charge on any atom is 0.278 e. The third-order valence-corrected chi connectivity index (χ3v) is 10.6. The molecule has 10 rings (SSSR count). The average Bonchev–Trinajstić information content (AvgIpc) is 3.99. The van der Waals surface area contributed by atoms with Crippen LogP contribution in [0.25, 0.3) is 55.5 Å². The molecule has 51 heavy (non-hydrogen) atoms. The van der Waals surface area contributed by atoms with Gasteiger partial charge in [-0.3, -0.25) is 14.8 Å². The van der Waals surface area contributed by atoms with Gasteiger partial charge >= 0.3 is 0 Å². The average molecular weight is 757 g/mol. The highest BCUT2D eigenvalue weighted by molar-refractivity contribution is 9.10. The predicted octanol–water partition coefficient (Wildman–Crippen LogP) is 5.56. The monoisotopic (exact) mass is 755 g/mol. The summed E-state index contributed by atoms with van der Waals surface area (Å²) < 4.78 is 7.15. The van der Waals surface area contributed by atoms with Gasteiger partial charge in [0.05, 0.1) is 41.5 Å². The Morgan fingerprint density at radius 1 is 0.784 bits per heavy atom. The summed E-state index contributed by atoms with van der Waals surface area (Å²) in [6, 6.07) is 20.5. The molecule has 9 aromatic rings. The van der Waals surface area contributed by atoms with Gasteiger partial charge in [-0.1, -0.05) is 28.1 Å². The van der Waals surface area contributed by atoms with Crippen molar-refractivity contribution in [2.45, 2.75) is 6.17 Å². The van der Waals surface area contributed by atoms with E-state index in [1.807, 2.05) is 59.1 Å². The van der Waals surface area contributed by atoms with Crippen LogP contribution in [-0.2, 0) is 0 Å². The van der Waals surface area contributed by atoms with Gasteiger partial charge in [0.1, 0.15) is 17.5 Å². The third-order valence-electron chi connectivity index (χ3n) is 9.18. The lowest BCUT2D eigenvalue weighted by Crippen LogP contribution is -2.44. The molecule has 7 heterocycles. The number of thioether (sulfide) groups is 1. The summed E-state index contributed by atoms with van der Waals surface area (Å²) in [6.07, 6.45) is 10.7. The molecule has 1 saturated heterocycles. The van der Waals surface area contributed by atoms with Gasteiger partial charge in [0, 0.05) is 51.5 Å². The molecule has 1 fully saturated rings. The van der Waals surface area contributed by atoms with Gasteiger partial charge in [0.25, 0.3) is 12.0 Å². The Morgan fingerprint density at radius 3 is 2.31 bits per heavy atom. The zero-order valence-corrected chi connectivity index (χ0v) is 29.3. The van der Waals surface area contributed by atoms with Crippen molar-refractivity contribution in [3.63, 3.8) is 0 Å². The second kappa shape index (κ2) is 12.2. The number of aromatic amines is 2. The van der Waals surface area contributed by atoms with Crippen LogP contribution >= 0.6 is 27.7 Å². The summed E-state index contributed by atoms with van der Waals surface area (Å²) in [4.78, 5) is 26.7. The Balaban J connectivity index is 1.12. The fourth-order valence-electron chi connectivity index (χ4n) is 6.60. The van der Waals surface area contributed by atoms with Crippen molar-refractivity contribution < 1.29 is 4.57 Å². The number of fused-ring (bicyclic) bond motifs is 4. The first-order valence-electron chi connectivity index (χ1n) is 16.4. The molecule has 1 atom stereocenters. The number of imidazole rings is 2. The van der Waals surface area contributed by atoms with Crippen LogP contribution in [0.5, 0.6) is 0 Å². The molecule has 0 aliphatic carbocycles. The SMILES string of the molecule is Brc1cccc(C(Nc2ncc3ncn(-c4ccc5cn[nH]c5c4)c3n2)[n+]2cn(-c3ccc4cn[nH]c4c3)c3nc(N4CCSCC4)ncc32)c1. The number of hydrogen-bond donors (Lipinski definition) is 3. The first kappa shape index (κ1) is 30.0. The van der Waals surface area contributed by atoms with Gasteiger partial charge in [0.15, 0.2) is 5.65 Å². The van der Waals surface area contributed by atoms with Crippen LogP contribution in [-0.4, -0.2) is 79.0 Å². The molecule has 14 nitrogen and oxygen atoms in total. The highest BCUT2D eigenvalue weighted by atomic mass is 79.9. The Labute approximate surface area is 302 Å². The maximum atomic E-state index is 5.20. The van der Waals surface area contributed by atoms with Crippen LogP contribution in [0.3, 0.4) is 0 Å². The van der Waals surface area contributed by atoms with Crippen LogP contribution in [0.2, 0.25) is 0 Å². The zero-order chi connectivity index (χ0) is 33.9. The van der Waals surface area contributed by atoms with Crippen LogP contribution in [0.15, 0.2) is 103 Å². The summed E-state index contributed by atoms with van der Waals surface area (Å²) in [5, 5.41) is 20.3. The van der Waals surface area contributed by atoms with Gasteiger partial charge in [0.2, 0.25) is 23.6 Å². The van der Waals surface area contributed by atoms with Crippen molar-refractivity contribution >= 4 is 83.7 Å². The number of rotatable bonds is 7. The summed E-state index contributed by atoms with van der Waals surface area (Å²) >= 11 is 5.66. The first-order chi connectivity index (χ1) is 25.1. The van der Waals surface area contributed by atoms with Gasteiger partial charge in [-0.2, -0.15) is 36.5 Å². The van der Waals surface area contributed by atoms with Crippen molar-refractivity contribution in [1.29, 1.82) is 0 Å². The molecule has 0 spiro atoms. The largest absolute Gasteiger partial charge is 0.339 e. The molecule has 16 heteroatoms. The Bertz CT molecular complexity index is 2720. The fourth-order valence-corrected chi connectivity index (χ4v) is 7.92. The molecule has 0 radical (unpaired) electrons. The van der Waals surface area contributed by atoms with Crippen LogP contribution in [0.1, 0.15) is 11.7 Å². The minimum absolute atomic E-state index is 0.437. The molecule has 3 N–H and O–H groups in total. The normalized spacial score (nSPS) is 14.3. The number of H-pyrrole nitrogens is 2. The van der Waals surface area contributed by atoms with Crippen molar-refractivity contribution in [2.24, 2.45) is 0 Å². The van der Waals surface area contributed by atoms with Gasteiger partial charge in [-0.15, -0.1) is 0 Å². The number of nitrogens with zero attached hydrogens (tertiary/aromatic N) is 11. The summed E-state index contributed by atoms with van der Waals surface area (Å²) in [5.74, 6) is 3.26. The lowest BCUT2D eigenvalue weighted by atomic mass is 10.1. The molecule has 1 unspecified atom stereocenters. The van der Waals surface area contributed by atoms with E-state index in [1.54, 1.807) is 18.7 Å². The number of hydrogen-bond acceptors (Lipinski definition) is 10. The van der Waals surface area contributed by atoms with Crippen LogP contribution < -0.4 is 14.8 Å². The van der Waals surface area contributed by atoms with E-state index >= 15 is 0 Å². The van der Waals surface area contributed by atoms with E-state index in [0.717, 1.165) is 84.9 Å². The smallest absolute Gasteiger partial charge is 0.278 e. The molecule has 0 saturated carbocycles. The second-order valence-electron chi connectivity index (χ2n) is 12.3. The van der Waals surface area contributed by atoms with E-state index in [1.165, 1.54) is 0 Å². The summed E-state index contributed by atoms with van der Waals surface area (Å²) in [6.45, 7) is 1.82. The zero-order valence-electron chi connectivity index (χ0n) is 26.8. The van der Waals surface area contributed by atoms with E-state index in [9.17, 15) is 0 Å². The topological polar surface area (TPSA) is 151 Å². The van der Waals surface area contributed by atoms with E-state index in [-0.39, 0.29) is 0 Å². The lowest BCUT2D eigenvalue weighted by molar-refractivity contribution is -0.683. The van der Waals surface area contributed by atoms with Gasteiger partial charge in [-0.25, -0.2) is 19.5 Å². The highest BCUT2D eigenvalue weighted by Gasteiger charge is 2.30. The second-order valence-corrected chi connectivity index (χ2v) is 14.4. The van der Waals surface area contributed by atoms with Crippen molar-refractivity contribution in [3.8, 4) is 11.4 Å². The molecule has 3 aromatic carbocycles. The number of aromatic nitrogens is 12. The van der Waals surface area contributed by atoms with Crippen molar-refractivity contribution in [1.82, 2.24) is 54.4 Å². The van der Waals surface area contributed by atoms with Crippen molar-refractivity contribution in [3.05, 3.63) is 108 Å². The van der Waals surface area contributed by atoms with Gasteiger partial charge < -0.3 is 10.2 Å². The Morgan fingerprint density at radius 2 is 1.55 bits per heavy atom. The lowest BCUT2D eigenvalue weighted by Gasteiger charge is -2.25. The van der Waals surface area contributed by atoms with E-state index in [2.05, 4.69) is 97.3 Å². The fraction of sp³-hybridized carbons (Fsp3) is 0.143. The van der Waals surface area contributed by atoms with Crippen LogP contribution in [0, 0.1) is 0 Å². The molecule has 1 aliphatic heterocycles. The highest BCUT2D eigenvalue weighted by Crippen LogP contribution is 2.27. The van der Waals surface area contributed by atoms with Gasteiger partial charge in [-0.05, 0) is 42.5 Å². The summed E-state index contributed by atoms with van der Waals surface area (Å²) in [5.41, 5.74) is 7.68. The number of nitrogens with one attached hydrogen (secondary N) is 3. The van der Waals surface area contributed by atoms with E-state index < -0.39 is 6.17 Å². The van der Waals surface area contributed by atoms with Crippen molar-refractivity contribution in [2.75, 3.05) is 34.8 Å². The molecular formula is C35H28BrN14S+. The van der Waals surface area contributed by atoms with Crippen LogP contribution in [0.4, 0.5) is 11.9 Å². The number of halogens is 1. The molecule has 6 aromatic heterocycles. The maximum absolute atomic E-state index is 5.20. The Hall–Kier alpha value is -5.87. The Kier molecular flexibility index (Phi) is 7.16. The first-order valence-corrected chi connectivity index (χ1v) is 18.3. The predicted molar refractivity (Wildman–Crippen MR) is 200 cm³/mol. The molecule has 1 aliphatic rings. The quantitative estimate of drug-likeness (QED) is 0.176. The van der Waals surface area contributed by atoms with E-state index in [4.69, 9.17) is 19.9 Å². The molecule has 250 valence electrons. The minimum Gasteiger partial charge on any atom is -0.339 e. The molecule has 0 amide bonds. The third kappa shape index (κ3) is 5.34.